The molecule has 5 aromatic rings. The number of benzene rings is 4. The molecule has 7 rings (SSSR count). The van der Waals surface area contributed by atoms with Crippen LogP contribution >= 0.6 is 0 Å². The Bertz CT molecular complexity index is 1670. The monoisotopic (exact) mass is 500 g/mol. The second-order valence-corrected chi connectivity index (χ2v) is 10.0. The summed E-state index contributed by atoms with van der Waals surface area (Å²) in [4.78, 5) is 25.2. The molecule has 2 aliphatic heterocycles. The number of piperazine rings is 1. The molecule has 0 spiro atoms. The summed E-state index contributed by atoms with van der Waals surface area (Å²) in [5.41, 5.74) is 5.97. The number of nitrogens with zero attached hydrogens (tertiary/aromatic N) is 4. The van der Waals surface area contributed by atoms with E-state index in [0.717, 1.165) is 65.9 Å². The van der Waals surface area contributed by atoms with Crippen LogP contribution in [0.2, 0.25) is 0 Å². The summed E-state index contributed by atoms with van der Waals surface area (Å²) in [6, 6.07) is 32.5. The van der Waals surface area contributed by atoms with Gasteiger partial charge in [0.15, 0.2) is 0 Å². The van der Waals surface area contributed by atoms with Crippen LogP contribution in [0.1, 0.15) is 11.1 Å². The molecule has 0 aliphatic carbocycles. The van der Waals surface area contributed by atoms with Gasteiger partial charge in [0, 0.05) is 55.1 Å². The Balaban J connectivity index is 1.11. The molecular formula is C32H28N4O2. The standard InChI is InChI=1S/C32H28N4O2/c37-32-31(33-24-14-15-26-25-10-5-7-13-29(25)38-30(26)20-24)27-11-4-6-12-28(27)36(32)22-35-18-16-34(17-19-35)21-23-8-2-1-3-9-23/h1-15,20H,16-19,21-22H2. The molecule has 3 heterocycles. The predicted octanol–water partition coefficient (Wildman–Crippen LogP) is 5.83. The van der Waals surface area contributed by atoms with Crippen LogP contribution in [0.25, 0.3) is 21.9 Å². The molecule has 1 amide bonds. The van der Waals surface area contributed by atoms with Gasteiger partial charge < -0.3 is 4.42 Å². The Morgan fingerprint density at radius 3 is 2.29 bits per heavy atom. The lowest BCUT2D eigenvalue weighted by Gasteiger charge is -2.36. The van der Waals surface area contributed by atoms with Gasteiger partial charge in [-0.3, -0.25) is 19.5 Å². The van der Waals surface area contributed by atoms with Gasteiger partial charge in [-0.15, -0.1) is 0 Å². The number of hydrogen-bond acceptors (Lipinski definition) is 5. The number of carbonyl (C=O) groups excluding carboxylic acids is 1. The van der Waals surface area contributed by atoms with Crippen LogP contribution < -0.4 is 4.90 Å². The van der Waals surface area contributed by atoms with E-state index in [1.165, 1.54) is 5.56 Å². The van der Waals surface area contributed by atoms with Crippen LogP contribution in [0.3, 0.4) is 0 Å². The molecule has 6 nitrogen and oxygen atoms in total. The van der Waals surface area contributed by atoms with Gasteiger partial charge in [-0.2, -0.15) is 0 Å². The summed E-state index contributed by atoms with van der Waals surface area (Å²) in [5.74, 6) is -0.0531. The number of hydrogen-bond donors (Lipinski definition) is 0. The van der Waals surface area contributed by atoms with Crippen LogP contribution in [-0.2, 0) is 11.3 Å². The lowest BCUT2D eigenvalue weighted by Crippen LogP contribution is -2.50. The number of furan rings is 1. The van der Waals surface area contributed by atoms with Crippen LogP contribution in [0.4, 0.5) is 11.4 Å². The first kappa shape index (κ1) is 22.9. The van der Waals surface area contributed by atoms with Crippen molar-refractivity contribution in [3.8, 4) is 0 Å². The van der Waals surface area contributed by atoms with Crippen molar-refractivity contribution in [1.29, 1.82) is 0 Å². The van der Waals surface area contributed by atoms with E-state index in [9.17, 15) is 4.79 Å². The van der Waals surface area contributed by atoms with Crippen LogP contribution in [-0.4, -0.2) is 54.3 Å². The van der Waals surface area contributed by atoms with Gasteiger partial charge in [0.05, 0.1) is 18.0 Å². The Hall–Kier alpha value is -4.26. The van der Waals surface area contributed by atoms with E-state index in [0.29, 0.717) is 18.1 Å². The molecule has 0 saturated carbocycles. The first-order valence-electron chi connectivity index (χ1n) is 13.1. The molecule has 0 unspecified atom stereocenters. The van der Waals surface area contributed by atoms with E-state index in [-0.39, 0.29) is 5.91 Å². The average molecular weight is 501 g/mol. The van der Waals surface area contributed by atoms with Gasteiger partial charge in [-0.1, -0.05) is 66.7 Å². The van der Waals surface area contributed by atoms with Crippen molar-refractivity contribution < 1.29 is 9.21 Å². The van der Waals surface area contributed by atoms with E-state index in [2.05, 4.69) is 46.2 Å². The number of para-hydroxylation sites is 2. The highest BCUT2D eigenvalue weighted by molar-refractivity contribution is 6.54. The van der Waals surface area contributed by atoms with Gasteiger partial charge in [-0.25, -0.2) is 4.99 Å². The Kier molecular flexibility index (Phi) is 5.76. The highest BCUT2D eigenvalue weighted by Gasteiger charge is 2.35. The number of carbonyl (C=O) groups is 1. The Labute approximate surface area is 221 Å². The zero-order chi connectivity index (χ0) is 25.5. The van der Waals surface area contributed by atoms with Crippen molar-refractivity contribution in [3.63, 3.8) is 0 Å². The number of rotatable bonds is 5. The van der Waals surface area contributed by atoms with Crippen molar-refractivity contribution in [2.45, 2.75) is 6.54 Å². The summed E-state index contributed by atoms with van der Waals surface area (Å²) in [7, 11) is 0. The van der Waals surface area contributed by atoms with Crippen LogP contribution in [0, 0.1) is 0 Å². The van der Waals surface area contributed by atoms with Crippen LogP contribution in [0.15, 0.2) is 106 Å². The fourth-order valence-corrected chi connectivity index (χ4v) is 5.55. The average Bonchev–Trinajstić information content (AvgIpc) is 3.45. The molecule has 38 heavy (non-hydrogen) atoms. The third kappa shape index (κ3) is 4.18. The van der Waals surface area contributed by atoms with E-state index in [1.54, 1.807) is 0 Å². The van der Waals surface area contributed by atoms with Gasteiger partial charge >= 0.3 is 0 Å². The molecule has 6 heteroatoms. The number of fused-ring (bicyclic) bond motifs is 4. The maximum atomic E-state index is 13.7. The quantitative estimate of drug-likeness (QED) is 0.305. The topological polar surface area (TPSA) is 52.3 Å². The second kappa shape index (κ2) is 9.56. The molecule has 2 aliphatic rings. The molecule has 0 radical (unpaired) electrons. The highest BCUT2D eigenvalue weighted by Crippen LogP contribution is 2.34. The lowest BCUT2D eigenvalue weighted by molar-refractivity contribution is -0.112. The number of anilines is 1. The summed E-state index contributed by atoms with van der Waals surface area (Å²) in [6.45, 7) is 5.35. The van der Waals surface area contributed by atoms with E-state index in [1.807, 2.05) is 65.6 Å². The zero-order valence-electron chi connectivity index (χ0n) is 21.1. The summed E-state index contributed by atoms with van der Waals surface area (Å²) in [5, 5.41) is 2.13. The van der Waals surface area contributed by atoms with Gasteiger partial charge in [-0.05, 0) is 29.8 Å². The van der Waals surface area contributed by atoms with Crippen molar-refractivity contribution in [1.82, 2.24) is 9.80 Å². The molecule has 4 aromatic carbocycles. The predicted molar refractivity (Wildman–Crippen MR) is 152 cm³/mol. The van der Waals surface area contributed by atoms with Crippen molar-refractivity contribution in [3.05, 3.63) is 108 Å². The number of aliphatic imine (C=N–C) groups is 1. The largest absolute Gasteiger partial charge is 0.456 e. The minimum atomic E-state index is -0.0531. The third-order valence-electron chi connectivity index (χ3n) is 7.56. The summed E-state index contributed by atoms with van der Waals surface area (Å²) >= 11 is 0. The molecule has 0 bridgehead atoms. The Morgan fingerprint density at radius 1 is 0.711 bits per heavy atom. The van der Waals surface area contributed by atoms with Gasteiger partial charge in [0.2, 0.25) is 0 Å². The molecule has 0 atom stereocenters. The van der Waals surface area contributed by atoms with Gasteiger partial charge in [0.25, 0.3) is 5.91 Å². The maximum Gasteiger partial charge on any atom is 0.278 e. The molecule has 1 aromatic heterocycles. The molecular weight excluding hydrogens is 472 g/mol. The highest BCUT2D eigenvalue weighted by atomic mass is 16.3. The lowest BCUT2D eigenvalue weighted by atomic mass is 10.1. The van der Waals surface area contributed by atoms with E-state index >= 15 is 0 Å². The first-order valence-corrected chi connectivity index (χ1v) is 13.1. The fraction of sp³-hybridized carbons (Fsp3) is 0.188. The first-order chi connectivity index (χ1) is 18.7. The summed E-state index contributed by atoms with van der Waals surface area (Å²) < 4.78 is 6.05. The SMILES string of the molecule is O=C1C(=Nc2ccc3c(c2)oc2ccccc23)c2ccccc2N1CN1CCN(Cc2ccccc2)CC1. The molecule has 1 fully saturated rings. The second-order valence-electron chi connectivity index (χ2n) is 10.0. The normalized spacial score (nSPS) is 17.6. The van der Waals surface area contributed by atoms with E-state index < -0.39 is 0 Å². The van der Waals surface area contributed by atoms with Crippen molar-refractivity contribution >= 4 is 44.9 Å². The summed E-state index contributed by atoms with van der Waals surface area (Å²) in [6.07, 6.45) is 0. The molecule has 188 valence electrons. The molecule has 1 saturated heterocycles. The molecule has 0 N–H and O–H groups in total. The minimum absolute atomic E-state index is 0.0531. The Morgan fingerprint density at radius 2 is 1.42 bits per heavy atom. The van der Waals surface area contributed by atoms with Gasteiger partial charge in [0.1, 0.15) is 16.9 Å². The smallest absolute Gasteiger partial charge is 0.278 e. The van der Waals surface area contributed by atoms with Crippen LogP contribution in [0.5, 0.6) is 0 Å². The van der Waals surface area contributed by atoms with E-state index in [4.69, 9.17) is 9.41 Å². The number of amides is 1. The maximum absolute atomic E-state index is 13.7. The zero-order valence-corrected chi connectivity index (χ0v) is 21.1. The van der Waals surface area contributed by atoms with Crippen molar-refractivity contribution in [2.24, 2.45) is 4.99 Å². The minimum Gasteiger partial charge on any atom is -0.456 e. The fourth-order valence-electron chi connectivity index (χ4n) is 5.55. The third-order valence-corrected chi connectivity index (χ3v) is 7.56. The van der Waals surface area contributed by atoms with Crippen molar-refractivity contribution in [2.75, 3.05) is 37.7 Å².